The topological polar surface area (TPSA) is 56.5 Å². The maximum absolute atomic E-state index is 13.2. The van der Waals surface area contributed by atoms with Crippen LogP contribution in [0.15, 0.2) is 100 Å². The zero-order chi connectivity index (χ0) is 22.1. The van der Waals surface area contributed by atoms with Crippen molar-refractivity contribution >= 4 is 27.5 Å². The molecule has 0 aliphatic heterocycles. The fourth-order valence-corrected chi connectivity index (χ4v) is 4.19. The van der Waals surface area contributed by atoms with Crippen molar-refractivity contribution in [2.24, 2.45) is 0 Å². The fourth-order valence-electron chi connectivity index (χ4n) is 4.19. The van der Waals surface area contributed by atoms with Gasteiger partial charge in [0.25, 0.3) is 0 Å². The van der Waals surface area contributed by atoms with Crippen LogP contribution in [0.4, 0.5) is 0 Å². The SMILES string of the molecule is CCOC(=O)c1c(-c2cccc3ccccc23)cc(=O)oc1-c1cccc2ccccc12. The van der Waals surface area contributed by atoms with Crippen molar-refractivity contribution in [1.29, 1.82) is 0 Å². The van der Waals surface area contributed by atoms with E-state index in [0.717, 1.165) is 27.1 Å². The summed E-state index contributed by atoms with van der Waals surface area (Å²) in [4.78, 5) is 26.0. The summed E-state index contributed by atoms with van der Waals surface area (Å²) in [7, 11) is 0. The van der Waals surface area contributed by atoms with Gasteiger partial charge in [0.05, 0.1) is 6.61 Å². The summed E-state index contributed by atoms with van der Waals surface area (Å²) in [5.74, 6) is -0.308. The van der Waals surface area contributed by atoms with Crippen LogP contribution >= 0.6 is 0 Å². The highest BCUT2D eigenvalue weighted by Gasteiger charge is 2.25. The van der Waals surface area contributed by atoms with Crippen LogP contribution in [0, 0.1) is 0 Å². The number of hydrogen-bond acceptors (Lipinski definition) is 4. The summed E-state index contributed by atoms with van der Waals surface area (Å²) < 4.78 is 11.1. The minimum atomic E-state index is -0.526. The molecule has 0 saturated carbocycles. The first-order chi connectivity index (χ1) is 15.7. The van der Waals surface area contributed by atoms with Crippen molar-refractivity contribution in [1.82, 2.24) is 0 Å². The average molecular weight is 420 g/mol. The molecule has 4 heteroatoms. The standard InChI is InChI=1S/C28H20O4/c1-2-31-28(30)26-24(22-15-7-11-18-9-3-5-13-20(18)22)17-25(29)32-27(26)23-16-8-12-19-10-4-6-14-21(19)23/h3-17H,2H2,1H3. The Morgan fingerprint density at radius 1 is 0.750 bits per heavy atom. The van der Waals surface area contributed by atoms with E-state index in [4.69, 9.17) is 9.15 Å². The van der Waals surface area contributed by atoms with Crippen molar-refractivity contribution in [3.05, 3.63) is 107 Å². The van der Waals surface area contributed by atoms with Crippen LogP contribution in [0.1, 0.15) is 17.3 Å². The highest BCUT2D eigenvalue weighted by Crippen LogP contribution is 2.37. The van der Waals surface area contributed by atoms with Crippen molar-refractivity contribution in [2.45, 2.75) is 6.92 Å². The number of fused-ring (bicyclic) bond motifs is 2. The molecule has 32 heavy (non-hydrogen) atoms. The van der Waals surface area contributed by atoms with Gasteiger partial charge in [-0.05, 0) is 34.0 Å². The number of hydrogen-bond donors (Lipinski definition) is 0. The summed E-state index contributed by atoms with van der Waals surface area (Å²) in [6.07, 6.45) is 0. The molecule has 5 aromatic rings. The minimum Gasteiger partial charge on any atom is -0.462 e. The van der Waals surface area contributed by atoms with Crippen molar-refractivity contribution in [3.63, 3.8) is 0 Å². The third-order valence-electron chi connectivity index (χ3n) is 5.55. The maximum atomic E-state index is 13.2. The maximum Gasteiger partial charge on any atom is 0.342 e. The van der Waals surface area contributed by atoms with Crippen molar-refractivity contribution in [2.75, 3.05) is 6.61 Å². The molecule has 4 nitrogen and oxygen atoms in total. The van der Waals surface area contributed by atoms with E-state index < -0.39 is 11.6 Å². The first-order valence-electron chi connectivity index (χ1n) is 10.5. The molecular formula is C28H20O4. The van der Waals surface area contributed by atoms with Crippen LogP contribution in [0.2, 0.25) is 0 Å². The first kappa shape index (κ1) is 19.8. The van der Waals surface area contributed by atoms with Crippen LogP contribution < -0.4 is 5.63 Å². The monoisotopic (exact) mass is 420 g/mol. The third kappa shape index (κ3) is 3.36. The Hall–Kier alpha value is -4.18. The Labute approximate surface area is 184 Å². The first-order valence-corrected chi connectivity index (χ1v) is 10.5. The van der Waals surface area contributed by atoms with Gasteiger partial charge in [-0.3, -0.25) is 0 Å². The third-order valence-corrected chi connectivity index (χ3v) is 5.55. The summed E-state index contributed by atoms with van der Waals surface area (Å²) >= 11 is 0. The predicted molar refractivity (Wildman–Crippen MR) is 127 cm³/mol. The second-order valence-corrected chi connectivity index (χ2v) is 7.46. The summed E-state index contributed by atoms with van der Waals surface area (Å²) in [6, 6.07) is 28.6. The van der Waals surface area contributed by atoms with Gasteiger partial charge >= 0.3 is 11.6 Å². The molecule has 1 aromatic heterocycles. The van der Waals surface area contributed by atoms with Crippen molar-refractivity contribution in [3.8, 4) is 22.5 Å². The molecule has 0 unspecified atom stereocenters. The van der Waals surface area contributed by atoms with Gasteiger partial charge < -0.3 is 9.15 Å². The molecular weight excluding hydrogens is 400 g/mol. The number of carbonyl (C=O) groups excluding carboxylic acids is 1. The molecule has 0 amide bonds. The number of carbonyl (C=O) groups is 1. The quantitative estimate of drug-likeness (QED) is 0.313. The van der Waals surface area contributed by atoms with Crippen LogP contribution in [0.3, 0.4) is 0 Å². The molecule has 156 valence electrons. The van der Waals surface area contributed by atoms with Gasteiger partial charge in [0.2, 0.25) is 0 Å². The van der Waals surface area contributed by atoms with E-state index in [0.29, 0.717) is 11.1 Å². The Morgan fingerprint density at radius 2 is 1.31 bits per heavy atom. The molecule has 0 N–H and O–H groups in total. The number of benzene rings is 4. The zero-order valence-electron chi connectivity index (χ0n) is 17.5. The molecule has 1 heterocycles. The molecule has 0 aliphatic rings. The van der Waals surface area contributed by atoms with E-state index in [2.05, 4.69) is 0 Å². The minimum absolute atomic E-state index is 0.210. The van der Waals surface area contributed by atoms with Gasteiger partial charge in [-0.15, -0.1) is 0 Å². The molecule has 0 atom stereocenters. The van der Waals surface area contributed by atoms with Gasteiger partial charge in [-0.1, -0.05) is 84.9 Å². The van der Waals surface area contributed by atoms with E-state index in [9.17, 15) is 9.59 Å². The van der Waals surface area contributed by atoms with Gasteiger partial charge in [0.1, 0.15) is 5.56 Å². The van der Waals surface area contributed by atoms with E-state index in [1.165, 1.54) is 6.07 Å². The van der Waals surface area contributed by atoms with Crippen LogP contribution in [0.25, 0.3) is 44.0 Å². The van der Waals surface area contributed by atoms with E-state index in [-0.39, 0.29) is 17.9 Å². The molecule has 0 fully saturated rings. The molecule has 0 aliphatic carbocycles. The molecule has 0 bridgehead atoms. The molecule has 0 saturated heterocycles. The van der Waals surface area contributed by atoms with Gasteiger partial charge in [-0.25, -0.2) is 9.59 Å². The molecule has 5 rings (SSSR count). The lowest BCUT2D eigenvalue weighted by molar-refractivity contribution is 0.0526. The van der Waals surface area contributed by atoms with Crippen LogP contribution in [-0.2, 0) is 4.74 Å². The van der Waals surface area contributed by atoms with Crippen molar-refractivity contribution < 1.29 is 13.9 Å². The Balaban J connectivity index is 1.89. The molecule has 0 radical (unpaired) electrons. The Morgan fingerprint density at radius 3 is 1.97 bits per heavy atom. The van der Waals surface area contributed by atoms with E-state index >= 15 is 0 Å². The summed E-state index contributed by atoms with van der Waals surface area (Å²) in [5, 5.41) is 3.83. The van der Waals surface area contributed by atoms with Gasteiger partial charge in [-0.2, -0.15) is 0 Å². The fraction of sp³-hybridized carbons (Fsp3) is 0.0714. The smallest absolute Gasteiger partial charge is 0.342 e. The second kappa shape index (κ2) is 8.16. The number of ether oxygens (including phenoxy) is 1. The zero-order valence-corrected chi connectivity index (χ0v) is 17.5. The largest absolute Gasteiger partial charge is 0.462 e. The van der Waals surface area contributed by atoms with Gasteiger partial charge in [0.15, 0.2) is 5.76 Å². The van der Waals surface area contributed by atoms with E-state index in [1.54, 1.807) is 6.92 Å². The van der Waals surface area contributed by atoms with Gasteiger partial charge in [0, 0.05) is 17.2 Å². The lowest BCUT2D eigenvalue weighted by Crippen LogP contribution is -2.12. The average Bonchev–Trinajstić information content (AvgIpc) is 2.83. The lowest BCUT2D eigenvalue weighted by Gasteiger charge is -2.15. The normalized spacial score (nSPS) is 11.0. The molecule has 4 aromatic carbocycles. The molecule has 0 spiro atoms. The van der Waals surface area contributed by atoms with E-state index in [1.807, 2.05) is 84.9 Å². The lowest BCUT2D eigenvalue weighted by atomic mass is 9.92. The Bertz CT molecular complexity index is 1410. The summed E-state index contributed by atoms with van der Waals surface area (Å²) in [5.41, 5.74) is 1.67. The highest BCUT2D eigenvalue weighted by molar-refractivity contribution is 6.09. The second-order valence-electron chi connectivity index (χ2n) is 7.46. The summed E-state index contributed by atoms with van der Waals surface area (Å²) in [6.45, 7) is 1.97. The van der Waals surface area contributed by atoms with Crippen LogP contribution in [-0.4, -0.2) is 12.6 Å². The highest BCUT2D eigenvalue weighted by atomic mass is 16.5. The number of rotatable bonds is 4. The van der Waals surface area contributed by atoms with Crippen LogP contribution in [0.5, 0.6) is 0 Å². The predicted octanol–water partition coefficient (Wildman–Crippen LogP) is 6.46. The number of esters is 1. The Kier molecular flexibility index (Phi) is 5.04.